The lowest BCUT2D eigenvalue weighted by Crippen LogP contribution is -2.45. The standard InChI is InChI=1S/C15H30N2O2/c1-12(2)6-7-13(3)16-15(19)10-17-8-4-5-14(9-17)11-18/h12-14,18H,4-11H2,1-3H3,(H,16,19). The molecule has 1 heterocycles. The topological polar surface area (TPSA) is 52.6 Å². The highest BCUT2D eigenvalue weighted by Crippen LogP contribution is 2.15. The van der Waals surface area contributed by atoms with Crippen molar-refractivity contribution in [3.05, 3.63) is 0 Å². The van der Waals surface area contributed by atoms with E-state index in [0.717, 1.165) is 38.8 Å². The van der Waals surface area contributed by atoms with Gasteiger partial charge in [-0.3, -0.25) is 9.69 Å². The van der Waals surface area contributed by atoms with E-state index in [-0.39, 0.29) is 18.6 Å². The summed E-state index contributed by atoms with van der Waals surface area (Å²) in [4.78, 5) is 14.1. The normalized spacial score (nSPS) is 22.5. The van der Waals surface area contributed by atoms with Crippen molar-refractivity contribution < 1.29 is 9.90 Å². The van der Waals surface area contributed by atoms with Crippen molar-refractivity contribution in [1.82, 2.24) is 10.2 Å². The first-order chi connectivity index (χ1) is 9.01. The first kappa shape index (κ1) is 16.4. The Kier molecular flexibility index (Phi) is 7.39. The van der Waals surface area contributed by atoms with Crippen LogP contribution in [0.2, 0.25) is 0 Å². The van der Waals surface area contributed by atoms with Crippen LogP contribution >= 0.6 is 0 Å². The molecule has 0 bridgehead atoms. The summed E-state index contributed by atoms with van der Waals surface area (Å²) in [6.45, 7) is 9.03. The summed E-state index contributed by atoms with van der Waals surface area (Å²) < 4.78 is 0. The van der Waals surface area contributed by atoms with Crippen LogP contribution in [-0.4, -0.2) is 48.2 Å². The number of hydrogen-bond donors (Lipinski definition) is 2. The Hall–Kier alpha value is -0.610. The summed E-state index contributed by atoms with van der Waals surface area (Å²) in [5, 5.41) is 12.3. The van der Waals surface area contributed by atoms with Crippen molar-refractivity contribution in [2.75, 3.05) is 26.2 Å². The highest BCUT2D eigenvalue weighted by molar-refractivity contribution is 5.78. The Balaban J connectivity index is 2.22. The van der Waals surface area contributed by atoms with Crippen molar-refractivity contribution in [3.8, 4) is 0 Å². The highest BCUT2D eigenvalue weighted by Gasteiger charge is 2.21. The van der Waals surface area contributed by atoms with Crippen molar-refractivity contribution in [1.29, 1.82) is 0 Å². The second-order valence-electron chi connectivity index (χ2n) is 6.37. The molecule has 1 amide bonds. The molecular weight excluding hydrogens is 240 g/mol. The predicted octanol–water partition coefficient (Wildman–Crippen LogP) is 1.63. The molecule has 19 heavy (non-hydrogen) atoms. The number of nitrogens with zero attached hydrogens (tertiary/aromatic N) is 1. The summed E-state index contributed by atoms with van der Waals surface area (Å²) in [7, 11) is 0. The molecule has 4 heteroatoms. The molecule has 0 aromatic heterocycles. The SMILES string of the molecule is CC(C)CCC(C)NC(=O)CN1CCCC(CO)C1. The third-order valence-corrected chi connectivity index (χ3v) is 3.81. The van der Waals surface area contributed by atoms with Gasteiger partial charge in [0.2, 0.25) is 5.91 Å². The van der Waals surface area contributed by atoms with Gasteiger partial charge in [0, 0.05) is 19.2 Å². The zero-order chi connectivity index (χ0) is 14.3. The van der Waals surface area contributed by atoms with Crippen LogP contribution in [0, 0.1) is 11.8 Å². The number of rotatable bonds is 7. The van der Waals surface area contributed by atoms with Crippen molar-refractivity contribution in [2.24, 2.45) is 11.8 Å². The van der Waals surface area contributed by atoms with Crippen LogP contribution in [0.5, 0.6) is 0 Å². The molecule has 0 spiro atoms. The van der Waals surface area contributed by atoms with E-state index in [0.29, 0.717) is 18.4 Å². The molecule has 1 saturated heterocycles. The maximum absolute atomic E-state index is 11.9. The molecule has 2 atom stereocenters. The van der Waals surface area contributed by atoms with Crippen LogP contribution in [0.1, 0.15) is 46.5 Å². The number of likely N-dealkylation sites (tertiary alicyclic amines) is 1. The fourth-order valence-electron chi connectivity index (χ4n) is 2.62. The quantitative estimate of drug-likeness (QED) is 0.739. The van der Waals surface area contributed by atoms with Gasteiger partial charge in [-0.1, -0.05) is 13.8 Å². The second-order valence-corrected chi connectivity index (χ2v) is 6.37. The first-order valence-electron chi connectivity index (χ1n) is 7.63. The van der Waals surface area contributed by atoms with E-state index >= 15 is 0 Å². The summed E-state index contributed by atoms with van der Waals surface area (Å²) in [5.41, 5.74) is 0. The van der Waals surface area contributed by atoms with Crippen molar-refractivity contribution >= 4 is 5.91 Å². The smallest absolute Gasteiger partial charge is 0.234 e. The molecule has 1 aliphatic rings. The van der Waals surface area contributed by atoms with Gasteiger partial charge in [0.1, 0.15) is 0 Å². The molecular formula is C15H30N2O2. The third kappa shape index (κ3) is 6.92. The van der Waals surface area contributed by atoms with Crippen LogP contribution in [0.4, 0.5) is 0 Å². The number of carbonyl (C=O) groups excluding carboxylic acids is 1. The molecule has 1 fully saturated rings. The van der Waals surface area contributed by atoms with Crippen molar-refractivity contribution in [2.45, 2.75) is 52.5 Å². The van der Waals surface area contributed by atoms with Gasteiger partial charge in [-0.15, -0.1) is 0 Å². The van der Waals surface area contributed by atoms with E-state index in [2.05, 4.69) is 31.0 Å². The average Bonchev–Trinajstić information content (AvgIpc) is 2.36. The molecule has 4 nitrogen and oxygen atoms in total. The minimum absolute atomic E-state index is 0.120. The van der Waals surface area contributed by atoms with E-state index in [9.17, 15) is 9.90 Å². The van der Waals surface area contributed by atoms with Crippen LogP contribution in [-0.2, 0) is 4.79 Å². The lowest BCUT2D eigenvalue weighted by Gasteiger charge is -2.31. The molecule has 1 aliphatic heterocycles. The Labute approximate surface area is 117 Å². The first-order valence-corrected chi connectivity index (χ1v) is 7.63. The fourth-order valence-corrected chi connectivity index (χ4v) is 2.62. The summed E-state index contributed by atoms with van der Waals surface area (Å²) in [5.74, 6) is 1.15. The Morgan fingerprint density at radius 2 is 2.11 bits per heavy atom. The minimum atomic E-state index is 0.120. The highest BCUT2D eigenvalue weighted by atomic mass is 16.3. The Morgan fingerprint density at radius 1 is 1.37 bits per heavy atom. The third-order valence-electron chi connectivity index (χ3n) is 3.81. The lowest BCUT2D eigenvalue weighted by atomic mass is 9.99. The van der Waals surface area contributed by atoms with E-state index < -0.39 is 0 Å². The second kappa shape index (κ2) is 8.54. The molecule has 0 aromatic carbocycles. The van der Waals surface area contributed by atoms with Crippen molar-refractivity contribution in [3.63, 3.8) is 0 Å². The zero-order valence-electron chi connectivity index (χ0n) is 12.7. The average molecular weight is 270 g/mol. The maximum Gasteiger partial charge on any atom is 0.234 e. The summed E-state index contributed by atoms with van der Waals surface area (Å²) in [6.07, 6.45) is 4.36. The number of piperidine rings is 1. The lowest BCUT2D eigenvalue weighted by molar-refractivity contribution is -0.123. The summed E-state index contributed by atoms with van der Waals surface area (Å²) >= 11 is 0. The van der Waals surface area contributed by atoms with E-state index in [1.54, 1.807) is 0 Å². The maximum atomic E-state index is 11.9. The van der Waals surface area contributed by atoms with Gasteiger partial charge in [0.25, 0.3) is 0 Å². The molecule has 2 N–H and O–H groups in total. The van der Waals surface area contributed by atoms with Gasteiger partial charge in [-0.05, 0) is 51.0 Å². The van der Waals surface area contributed by atoms with Crippen LogP contribution in [0.3, 0.4) is 0 Å². The van der Waals surface area contributed by atoms with Gasteiger partial charge in [0.15, 0.2) is 0 Å². The Morgan fingerprint density at radius 3 is 2.74 bits per heavy atom. The van der Waals surface area contributed by atoms with Gasteiger partial charge < -0.3 is 10.4 Å². The number of hydrogen-bond acceptors (Lipinski definition) is 3. The van der Waals surface area contributed by atoms with Crippen LogP contribution < -0.4 is 5.32 Å². The number of aliphatic hydroxyl groups excluding tert-OH is 1. The Bertz CT molecular complexity index is 269. The van der Waals surface area contributed by atoms with Gasteiger partial charge in [-0.25, -0.2) is 0 Å². The van der Waals surface area contributed by atoms with Crippen LogP contribution in [0.25, 0.3) is 0 Å². The molecule has 0 aliphatic carbocycles. The molecule has 0 saturated carbocycles. The molecule has 1 rings (SSSR count). The zero-order valence-corrected chi connectivity index (χ0v) is 12.7. The minimum Gasteiger partial charge on any atom is -0.396 e. The number of aliphatic hydroxyl groups is 1. The molecule has 0 radical (unpaired) electrons. The number of amides is 1. The number of nitrogens with one attached hydrogen (secondary N) is 1. The predicted molar refractivity (Wildman–Crippen MR) is 77.9 cm³/mol. The van der Waals surface area contributed by atoms with Gasteiger partial charge >= 0.3 is 0 Å². The van der Waals surface area contributed by atoms with Crippen LogP contribution in [0.15, 0.2) is 0 Å². The monoisotopic (exact) mass is 270 g/mol. The fraction of sp³-hybridized carbons (Fsp3) is 0.933. The molecule has 2 unspecified atom stereocenters. The van der Waals surface area contributed by atoms with E-state index in [1.807, 2.05) is 0 Å². The molecule has 0 aromatic rings. The van der Waals surface area contributed by atoms with Gasteiger partial charge in [-0.2, -0.15) is 0 Å². The van der Waals surface area contributed by atoms with Gasteiger partial charge in [0.05, 0.1) is 6.54 Å². The summed E-state index contributed by atoms with van der Waals surface area (Å²) in [6, 6.07) is 0.258. The van der Waals surface area contributed by atoms with E-state index in [1.165, 1.54) is 0 Å². The van der Waals surface area contributed by atoms with E-state index in [4.69, 9.17) is 0 Å². The largest absolute Gasteiger partial charge is 0.396 e. The molecule has 112 valence electrons. The number of carbonyl (C=O) groups is 1.